The van der Waals surface area contributed by atoms with Crippen LogP contribution >= 0.6 is 11.3 Å². The molecular weight excluding hydrogens is 500 g/mol. The minimum atomic E-state index is -1.16. The third-order valence-corrected chi connectivity index (χ3v) is 6.50. The summed E-state index contributed by atoms with van der Waals surface area (Å²) >= 11 is 1.61. The number of aliphatic carboxylic acids is 1. The van der Waals surface area contributed by atoms with Gasteiger partial charge in [-0.15, -0.1) is 0 Å². The predicted molar refractivity (Wildman–Crippen MR) is 146 cm³/mol. The van der Waals surface area contributed by atoms with Crippen molar-refractivity contribution >= 4 is 23.0 Å². The summed E-state index contributed by atoms with van der Waals surface area (Å²) in [6.07, 6.45) is 0. The molecule has 1 N–H and O–H groups in total. The molecule has 0 spiro atoms. The van der Waals surface area contributed by atoms with Crippen LogP contribution in [0.25, 0.3) is 22.6 Å². The van der Waals surface area contributed by atoms with Gasteiger partial charge in [0.25, 0.3) is 0 Å². The third-order valence-electron chi connectivity index (χ3n) is 5.81. The van der Waals surface area contributed by atoms with Gasteiger partial charge in [0.05, 0.1) is 0 Å². The molecule has 0 saturated carbocycles. The summed E-state index contributed by atoms with van der Waals surface area (Å²) in [4.78, 5) is 21.7. The Morgan fingerprint density at radius 3 is 2.37 bits per heavy atom. The Morgan fingerprint density at radius 2 is 1.68 bits per heavy atom. The Balaban J connectivity index is 1.17. The normalized spacial score (nSPS) is 11.3. The van der Waals surface area contributed by atoms with E-state index in [1.54, 1.807) is 23.5 Å². The van der Waals surface area contributed by atoms with E-state index in [0.29, 0.717) is 23.0 Å². The Labute approximate surface area is 223 Å². The number of carboxylic acid groups (broad SMARTS) is 1. The van der Waals surface area contributed by atoms with Gasteiger partial charge >= 0.3 is 5.97 Å². The number of aromatic nitrogens is 1. The SMILES string of the molecule is Cc1oc(-c2ccccc2)nc1COc1ccc(CON=C(C(=O)O)c2ccc(-c3ccsc3)cc2)cc1. The quantitative estimate of drug-likeness (QED) is 0.157. The summed E-state index contributed by atoms with van der Waals surface area (Å²) in [5.74, 6) is 0.782. The van der Waals surface area contributed by atoms with Crippen molar-refractivity contribution in [2.45, 2.75) is 20.1 Å². The van der Waals surface area contributed by atoms with Crippen LogP contribution in [0.5, 0.6) is 5.75 Å². The number of oxime groups is 1. The van der Waals surface area contributed by atoms with Gasteiger partial charge in [0.15, 0.2) is 5.71 Å². The van der Waals surface area contributed by atoms with Crippen LogP contribution in [0.1, 0.15) is 22.6 Å². The van der Waals surface area contributed by atoms with Crippen molar-refractivity contribution in [2.75, 3.05) is 0 Å². The first-order valence-corrected chi connectivity index (χ1v) is 12.8. The topological polar surface area (TPSA) is 94.2 Å². The number of ether oxygens (including phenoxy) is 1. The summed E-state index contributed by atoms with van der Waals surface area (Å²) < 4.78 is 11.7. The van der Waals surface area contributed by atoms with E-state index in [1.165, 1.54) is 0 Å². The van der Waals surface area contributed by atoms with Gasteiger partial charge in [-0.05, 0) is 64.7 Å². The number of oxazole rings is 1. The monoisotopic (exact) mass is 524 g/mol. The van der Waals surface area contributed by atoms with Gasteiger partial charge in [0.2, 0.25) is 5.89 Å². The molecule has 5 aromatic rings. The average Bonchev–Trinajstić information content (AvgIpc) is 3.61. The van der Waals surface area contributed by atoms with Crippen molar-refractivity contribution in [3.8, 4) is 28.3 Å². The van der Waals surface area contributed by atoms with Crippen LogP contribution in [0, 0.1) is 6.92 Å². The Bertz CT molecular complexity index is 1520. The molecule has 8 heteroatoms. The van der Waals surface area contributed by atoms with Crippen LogP contribution < -0.4 is 4.74 Å². The summed E-state index contributed by atoms with van der Waals surface area (Å²) in [6.45, 7) is 2.25. The second-order valence-corrected chi connectivity index (χ2v) is 9.21. The predicted octanol–water partition coefficient (Wildman–Crippen LogP) is 6.96. The molecule has 0 amide bonds. The Hall–Kier alpha value is -4.69. The van der Waals surface area contributed by atoms with Crippen LogP contribution in [0.15, 0.2) is 105 Å². The summed E-state index contributed by atoms with van der Waals surface area (Å²) in [6, 6.07) is 26.2. The van der Waals surface area contributed by atoms with E-state index in [0.717, 1.165) is 27.9 Å². The molecule has 0 aliphatic rings. The van der Waals surface area contributed by atoms with Gasteiger partial charge in [-0.1, -0.05) is 59.8 Å². The molecule has 0 aliphatic carbocycles. The van der Waals surface area contributed by atoms with Gasteiger partial charge in [-0.25, -0.2) is 9.78 Å². The van der Waals surface area contributed by atoms with Crippen LogP contribution in [0.2, 0.25) is 0 Å². The minimum Gasteiger partial charge on any atom is -0.487 e. The average molecular weight is 525 g/mol. The first-order chi connectivity index (χ1) is 18.6. The molecule has 0 fully saturated rings. The standard InChI is InChI=1S/C30H24N2O5S/c1-20-27(31-29(37-20)24-5-3-2-4-6-24)18-35-26-13-7-21(8-14-26)17-36-32-28(30(33)34)23-11-9-22(10-12-23)25-15-16-38-19-25/h2-16,19H,17-18H2,1H3,(H,33,34). The van der Waals surface area contributed by atoms with Crippen molar-refractivity contribution in [3.05, 3.63) is 118 Å². The second-order valence-electron chi connectivity index (χ2n) is 8.43. The highest BCUT2D eigenvalue weighted by Gasteiger charge is 2.14. The highest BCUT2D eigenvalue weighted by molar-refractivity contribution is 7.08. The lowest BCUT2D eigenvalue weighted by atomic mass is 10.0. The summed E-state index contributed by atoms with van der Waals surface area (Å²) in [7, 11) is 0. The molecule has 0 saturated heterocycles. The van der Waals surface area contributed by atoms with Gasteiger partial charge < -0.3 is 19.1 Å². The number of carboxylic acids is 1. The van der Waals surface area contributed by atoms with Crippen LogP contribution in [0.4, 0.5) is 0 Å². The first-order valence-electron chi connectivity index (χ1n) is 11.9. The van der Waals surface area contributed by atoms with Gasteiger partial charge in [0.1, 0.15) is 30.4 Å². The number of nitrogens with zero attached hydrogens (tertiary/aromatic N) is 2. The van der Waals surface area contributed by atoms with Crippen molar-refractivity contribution < 1.29 is 23.9 Å². The zero-order valence-electron chi connectivity index (χ0n) is 20.5. The highest BCUT2D eigenvalue weighted by Crippen LogP contribution is 2.24. The lowest BCUT2D eigenvalue weighted by Crippen LogP contribution is -2.15. The van der Waals surface area contributed by atoms with Gasteiger partial charge in [-0.3, -0.25) is 0 Å². The molecule has 38 heavy (non-hydrogen) atoms. The van der Waals surface area contributed by atoms with E-state index in [2.05, 4.69) is 10.1 Å². The van der Waals surface area contributed by atoms with Gasteiger partial charge in [-0.2, -0.15) is 11.3 Å². The van der Waals surface area contributed by atoms with E-state index in [4.69, 9.17) is 14.0 Å². The second kappa shape index (κ2) is 11.6. The van der Waals surface area contributed by atoms with E-state index >= 15 is 0 Å². The fraction of sp³-hybridized carbons (Fsp3) is 0.100. The fourth-order valence-electron chi connectivity index (χ4n) is 3.74. The number of hydrogen-bond acceptors (Lipinski definition) is 7. The van der Waals surface area contributed by atoms with E-state index in [1.807, 2.05) is 90.5 Å². The zero-order valence-corrected chi connectivity index (χ0v) is 21.4. The maximum Gasteiger partial charge on any atom is 0.358 e. The fourth-order valence-corrected chi connectivity index (χ4v) is 4.40. The Morgan fingerprint density at radius 1 is 0.921 bits per heavy atom. The molecule has 0 atom stereocenters. The van der Waals surface area contributed by atoms with Crippen LogP contribution in [0.3, 0.4) is 0 Å². The molecule has 0 radical (unpaired) electrons. The minimum absolute atomic E-state index is 0.118. The van der Waals surface area contributed by atoms with E-state index < -0.39 is 5.97 Å². The maximum absolute atomic E-state index is 11.8. The Kier molecular flexibility index (Phi) is 7.61. The number of rotatable bonds is 10. The maximum atomic E-state index is 11.8. The van der Waals surface area contributed by atoms with Crippen LogP contribution in [-0.4, -0.2) is 21.8 Å². The molecule has 0 unspecified atom stereocenters. The number of benzene rings is 3. The molecule has 2 aromatic heterocycles. The molecule has 2 heterocycles. The molecule has 0 bridgehead atoms. The third kappa shape index (κ3) is 5.99. The smallest absolute Gasteiger partial charge is 0.358 e. The molecule has 5 rings (SSSR count). The van der Waals surface area contributed by atoms with Crippen LogP contribution in [-0.2, 0) is 22.8 Å². The largest absolute Gasteiger partial charge is 0.487 e. The molecule has 7 nitrogen and oxygen atoms in total. The van der Waals surface area contributed by atoms with Crippen molar-refractivity contribution in [1.29, 1.82) is 0 Å². The van der Waals surface area contributed by atoms with Crippen molar-refractivity contribution in [2.24, 2.45) is 5.16 Å². The number of carbonyl (C=O) groups is 1. The lowest BCUT2D eigenvalue weighted by molar-refractivity contribution is -0.129. The summed E-state index contributed by atoms with van der Waals surface area (Å²) in [5.41, 5.74) is 4.89. The summed E-state index contributed by atoms with van der Waals surface area (Å²) in [5, 5.41) is 17.5. The molecule has 0 aliphatic heterocycles. The molecular formula is C30H24N2O5S. The number of aryl methyl sites for hydroxylation is 1. The first kappa shape index (κ1) is 25.0. The van der Waals surface area contributed by atoms with Crippen molar-refractivity contribution in [1.82, 2.24) is 4.98 Å². The highest BCUT2D eigenvalue weighted by atomic mass is 32.1. The molecule has 3 aromatic carbocycles. The van der Waals surface area contributed by atoms with Gasteiger partial charge in [0, 0.05) is 11.1 Å². The van der Waals surface area contributed by atoms with Crippen molar-refractivity contribution in [3.63, 3.8) is 0 Å². The lowest BCUT2D eigenvalue weighted by Gasteiger charge is -2.07. The number of hydrogen-bond donors (Lipinski definition) is 1. The molecule has 190 valence electrons. The van der Waals surface area contributed by atoms with E-state index in [-0.39, 0.29) is 18.9 Å². The van der Waals surface area contributed by atoms with E-state index in [9.17, 15) is 9.90 Å². The zero-order chi connectivity index (χ0) is 26.3. The number of thiophene rings is 1.